The summed E-state index contributed by atoms with van der Waals surface area (Å²) in [7, 11) is 0. The van der Waals surface area contributed by atoms with Gasteiger partial charge in [-0.2, -0.15) is 0 Å². The Kier molecular flexibility index (Phi) is 4.61. The summed E-state index contributed by atoms with van der Waals surface area (Å²) in [6, 6.07) is 12.2. The van der Waals surface area contributed by atoms with Crippen LogP contribution in [0.3, 0.4) is 0 Å². The molecule has 0 aliphatic heterocycles. The highest BCUT2D eigenvalue weighted by Gasteiger charge is 2.06. The molecular formula is C14H11BrClFO. The third kappa shape index (κ3) is 3.24. The van der Waals surface area contributed by atoms with Gasteiger partial charge in [-0.25, -0.2) is 4.39 Å². The van der Waals surface area contributed by atoms with Crippen molar-refractivity contribution in [1.82, 2.24) is 0 Å². The van der Waals surface area contributed by atoms with E-state index in [0.717, 1.165) is 10.0 Å². The second-order valence-electron chi connectivity index (χ2n) is 3.77. The summed E-state index contributed by atoms with van der Waals surface area (Å²) in [6.07, 6.45) is 0. The molecule has 1 nitrogen and oxygen atoms in total. The molecule has 0 N–H and O–H groups in total. The monoisotopic (exact) mass is 328 g/mol. The van der Waals surface area contributed by atoms with Gasteiger partial charge in [-0.1, -0.05) is 34.1 Å². The van der Waals surface area contributed by atoms with Crippen LogP contribution in [0.5, 0.6) is 5.75 Å². The smallest absolute Gasteiger partial charge is 0.124 e. The molecule has 0 aliphatic carbocycles. The van der Waals surface area contributed by atoms with Crippen LogP contribution in [-0.2, 0) is 12.5 Å². The van der Waals surface area contributed by atoms with Crippen molar-refractivity contribution in [2.24, 2.45) is 0 Å². The lowest BCUT2D eigenvalue weighted by Gasteiger charge is -2.11. The van der Waals surface area contributed by atoms with Crippen molar-refractivity contribution in [3.63, 3.8) is 0 Å². The maximum Gasteiger partial charge on any atom is 0.124 e. The zero-order valence-electron chi connectivity index (χ0n) is 9.50. The van der Waals surface area contributed by atoms with Gasteiger partial charge < -0.3 is 4.74 Å². The first-order chi connectivity index (χ1) is 8.70. The summed E-state index contributed by atoms with van der Waals surface area (Å²) in [5, 5.41) is 0. The topological polar surface area (TPSA) is 9.23 Å². The fraction of sp³-hybridized carbons (Fsp3) is 0.143. The Morgan fingerprint density at radius 2 is 1.89 bits per heavy atom. The first-order valence-electron chi connectivity index (χ1n) is 5.41. The number of ether oxygens (including phenoxy) is 1. The summed E-state index contributed by atoms with van der Waals surface area (Å²) < 4.78 is 19.7. The Bertz CT molecular complexity index is 545. The number of halogens is 3. The van der Waals surface area contributed by atoms with Crippen molar-refractivity contribution in [3.05, 3.63) is 63.9 Å². The quantitative estimate of drug-likeness (QED) is 0.725. The molecule has 0 unspecified atom stereocenters. The standard InChI is InChI=1S/C14H11BrClFO/c15-13-4-2-1-3-10(13)9-18-14-6-5-12(17)7-11(14)8-16/h1-7H,8-9H2. The molecule has 0 aromatic heterocycles. The summed E-state index contributed by atoms with van der Waals surface area (Å²) in [4.78, 5) is 0. The molecule has 2 aromatic rings. The van der Waals surface area contributed by atoms with Crippen molar-refractivity contribution >= 4 is 27.5 Å². The average Bonchev–Trinajstić information content (AvgIpc) is 2.39. The zero-order chi connectivity index (χ0) is 13.0. The number of hydrogen-bond donors (Lipinski definition) is 0. The van der Waals surface area contributed by atoms with Gasteiger partial charge in [0.1, 0.15) is 18.2 Å². The Balaban J connectivity index is 2.13. The molecule has 0 saturated heterocycles. The summed E-state index contributed by atoms with van der Waals surface area (Å²) in [5.74, 6) is 0.532. The van der Waals surface area contributed by atoms with Gasteiger partial charge in [0, 0.05) is 15.6 Å². The Hall–Kier alpha value is -1.06. The van der Waals surface area contributed by atoms with E-state index in [9.17, 15) is 4.39 Å². The largest absolute Gasteiger partial charge is 0.489 e. The minimum absolute atomic E-state index is 0.225. The molecule has 0 fully saturated rings. The van der Waals surface area contributed by atoms with Crippen LogP contribution in [0.1, 0.15) is 11.1 Å². The molecular weight excluding hydrogens is 319 g/mol. The number of benzene rings is 2. The van der Waals surface area contributed by atoms with E-state index < -0.39 is 0 Å². The highest BCUT2D eigenvalue weighted by atomic mass is 79.9. The highest BCUT2D eigenvalue weighted by molar-refractivity contribution is 9.10. The fourth-order valence-corrected chi connectivity index (χ4v) is 2.17. The molecule has 18 heavy (non-hydrogen) atoms. The van der Waals surface area contributed by atoms with Crippen LogP contribution in [0.2, 0.25) is 0 Å². The van der Waals surface area contributed by atoms with Crippen LogP contribution in [0, 0.1) is 5.82 Å². The zero-order valence-corrected chi connectivity index (χ0v) is 11.8. The first kappa shape index (κ1) is 13.4. The van der Waals surface area contributed by atoms with Crippen LogP contribution in [0.25, 0.3) is 0 Å². The lowest BCUT2D eigenvalue weighted by atomic mass is 10.2. The van der Waals surface area contributed by atoms with E-state index in [1.807, 2.05) is 24.3 Å². The third-order valence-corrected chi connectivity index (χ3v) is 3.57. The van der Waals surface area contributed by atoms with E-state index in [1.54, 1.807) is 6.07 Å². The maximum atomic E-state index is 13.0. The van der Waals surface area contributed by atoms with Gasteiger partial charge in [0.25, 0.3) is 0 Å². The van der Waals surface area contributed by atoms with Crippen molar-refractivity contribution in [3.8, 4) is 5.75 Å². The molecule has 0 amide bonds. The molecule has 0 saturated carbocycles. The summed E-state index contributed by atoms with van der Waals surface area (Å²) in [5.41, 5.74) is 1.69. The van der Waals surface area contributed by atoms with E-state index in [4.69, 9.17) is 16.3 Å². The Morgan fingerprint density at radius 1 is 1.11 bits per heavy atom. The highest BCUT2D eigenvalue weighted by Crippen LogP contribution is 2.24. The molecule has 0 spiro atoms. The van der Waals surface area contributed by atoms with Crippen LogP contribution in [0.4, 0.5) is 4.39 Å². The molecule has 94 valence electrons. The second kappa shape index (κ2) is 6.21. The van der Waals surface area contributed by atoms with Crippen molar-refractivity contribution in [1.29, 1.82) is 0 Å². The minimum atomic E-state index is -0.307. The van der Waals surface area contributed by atoms with Crippen molar-refractivity contribution in [2.45, 2.75) is 12.5 Å². The molecule has 2 aromatic carbocycles. The summed E-state index contributed by atoms with van der Waals surface area (Å²) in [6.45, 7) is 0.414. The van der Waals surface area contributed by atoms with Crippen LogP contribution >= 0.6 is 27.5 Å². The normalized spacial score (nSPS) is 10.4. The van der Waals surface area contributed by atoms with Crippen LogP contribution in [0.15, 0.2) is 46.9 Å². The van der Waals surface area contributed by atoms with Gasteiger partial charge in [0.2, 0.25) is 0 Å². The summed E-state index contributed by atoms with van der Waals surface area (Å²) >= 11 is 9.21. The van der Waals surface area contributed by atoms with Crippen molar-refractivity contribution in [2.75, 3.05) is 0 Å². The van der Waals surface area contributed by atoms with Gasteiger partial charge in [-0.05, 0) is 24.3 Å². The first-order valence-corrected chi connectivity index (χ1v) is 6.74. The predicted octanol–water partition coefficient (Wildman–Crippen LogP) is 4.91. The number of hydrogen-bond acceptors (Lipinski definition) is 1. The molecule has 2 rings (SSSR count). The van der Waals surface area contributed by atoms with Crippen LogP contribution < -0.4 is 4.74 Å². The molecule has 0 aliphatic rings. The van der Waals surface area contributed by atoms with Gasteiger partial charge in [-0.15, -0.1) is 11.6 Å². The van der Waals surface area contributed by atoms with E-state index >= 15 is 0 Å². The predicted molar refractivity (Wildman–Crippen MR) is 74.4 cm³/mol. The van der Waals surface area contributed by atoms with Crippen molar-refractivity contribution < 1.29 is 9.13 Å². The fourth-order valence-electron chi connectivity index (χ4n) is 1.56. The van der Waals surface area contributed by atoms with E-state index in [1.165, 1.54) is 12.1 Å². The molecule has 0 radical (unpaired) electrons. The SMILES string of the molecule is Fc1ccc(OCc2ccccc2Br)c(CCl)c1. The Labute approximate surface area is 119 Å². The van der Waals surface area contributed by atoms with E-state index in [2.05, 4.69) is 15.9 Å². The van der Waals surface area contributed by atoms with Gasteiger partial charge >= 0.3 is 0 Å². The number of rotatable bonds is 4. The lowest BCUT2D eigenvalue weighted by molar-refractivity contribution is 0.302. The molecule has 0 heterocycles. The van der Waals surface area contributed by atoms with Gasteiger partial charge in [0.15, 0.2) is 0 Å². The third-order valence-electron chi connectivity index (χ3n) is 2.51. The lowest BCUT2D eigenvalue weighted by Crippen LogP contribution is -1.99. The van der Waals surface area contributed by atoms with Gasteiger partial charge in [-0.3, -0.25) is 0 Å². The van der Waals surface area contributed by atoms with Gasteiger partial charge in [0.05, 0.1) is 5.88 Å². The van der Waals surface area contributed by atoms with E-state index in [-0.39, 0.29) is 11.7 Å². The van der Waals surface area contributed by atoms with E-state index in [0.29, 0.717) is 17.9 Å². The minimum Gasteiger partial charge on any atom is -0.489 e. The average molecular weight is 330 g/mol. The second-order valence-corrected chi connectivity index (χ2v) is 4.89. The molecule has 0 atom stereocenters. The Morgan fingerprint density at radius 3 is 2.61 bits per heavy atom. The maximum absolute atomic E-state index is 13.0. The van der Waals surface area contributed by atoms with Crippen LogP contribution in [-0.4, -0.2) is 0 Å². The molecule has 0 bridgehead atoms. The number of alkyl halides is 1. The molecule has 4 heteroatoms.